The number of hydrogen-bond acceptors (Lipinski definition) is 7. The standard InChI is InChI=1S/C17H33FN2O7S/c1-14(2)27-13-16(21)19-3-4-23-5-6-24-7-8-25-9-10-26-12-15(18)11-20-17(22)28/h14-15H,3-13H2,1-2H3,(H,19,21)(H2,20,22,28). The molecule has 2 N–H and O–H groups in total. The average Bonchev–Trinajstić information content (AvgIpc) is 2.64. The molecule has 0 aromatic rings. The molecule has 0 radical (unpaired) electrons. The van der Waals surface area contributed by atoms with Crippen molar-refractivity contribution >= 4 is 23.8 Å². The molecule has 0 bridgehead atoms. The lowest BCUT2D eigenvalue weighted by Crippen LogP contribution is -2.31. The summed E-state index contributed by atoms with van der Waals surface area (Å²) in [5.74, 6) is -0.166. The van der Waals surface area contributed by atoms with Crippen molar-refractivity contribution in [3.8, 4) is 0 Å². The number of amides is 2. The summed E-state index contributed by atoms with van der Waals surface area (Å²) in [6.07, 6.45) is -1.25. The summed E-state index contributed by atoms with van der Waals surface area (Å²) in [4.78, 5) is 21.8. The van der Waals surface area contributed by atoms with Crippen LogP contribution in [0.5, 0.6) is 0 Å². The first-order valence-electron chi connectivity index (χ1n) is 9.22. The van der Waals surface area contributed by atoms with Crippen LogP contribution in [-0.4, -0.2) is 96.0 Å². The van der Waals surface area contributed by atoms with Crippen molar-refractivity contribution in [3.05, 3.63) is 0 Å². The number of carbonyl (C=O) groups is 2. The Balaban J connectivity index is 3.20. The fraction of sp³-hybridized carbons (Fsp3) is 0.882. The lowest BCUT2D eigenvalue weighted by atomic mass is 10.4. The maximum Gasteiger partial charge on any atom is 0.276 e. The van der Waals surface area contributed by atoms with Crippen LogP contribution in [0.4, 0.5) is 9.18 Å². The van der Waals surface area contributed by atoms with Crippen LogP contribution in [0, 0.1) is 0 Å². The Morgan fingerprint density at radius 1 is 0.893 bits per heavy atom. The first-order chi connectivity index (χ1) is 13.4. The number of ether oxygens (including phenoxy) is 5. The smallest absolute Gasteiger partial charge is 0.276 e. The molecule has 0 rings (SSSR count). The van der Waals surface area contributed by atoms with Crippen LogP contribution in [0.25, 0.3) is 0 Å². The minimum atomic E-state index is -1.28. The van der Waals surface area contributed by atoms with Gasteiger partial charge < -0.3 is 34.3 Å². The van der Waals surface area contributed by atoms with E-state index in [0.717, 1.165) is 0 Å². The molecule has 0 aromatic heterocycles. The molecule has 0 saturated carbocycles. The third-order valence-corrected chi connectivity index (χ3v) is 3.16. The summed E-state index contributed by atoms with van der Waals surface area (Å²) in [5, 5.41) is 4.36. The molecule has 0 aliphatic rings. The van der Waals surface area contributed by atoms with Crippen LogP contribution >= 0.6 is 12.6 Å². The van der Waals surface area contributed by atoms with Crippen LogP contribution in [0.3, 0.4) is 0 Å². The molecular formula is C17H33FN2O7S. The van der Waals surface area contributed by atoms with Crippen molar-refractivity contribution in [1.29, 1.82) is 0 Å². The Morgan fingerprint density at radius 3 is 1.96 bits per heavy atom. The molecular weight excluding hydrogens is 395 g/mol. The van der Waals surface area contributed by atoms with Gasteiger partial charge in [0.05, 0.1) is 65.5 Å². The van der Waals surface area contributed by atoms with E-state index in [1.807, 2.05) is 13.8 Å². The Hall–Kier alpha value is -0.980. The minimum absolute atomic E-state index is 0.0248. The van der Waals surface area contributed by atoms with E-state index in [0.29, 0.717) is 46.2 Å². The fourth-order valence-electron chi connectivity index (χ4n) is 1.68. The number of thiol groups is 1. The average molecular weight is 429 g/mol. The van der Waals surface area contributed by atoms with Crippen molar-refractivity contribution in [1.82, 2.24) is 10.6 Å². The highest BCUT2D eigenvalue weighted by Crippen LogP contribution is 1.92. The highest BCUT2D eigenvalue weighted by Gasteiger charge is 2.07. The van der Waals surface area contributed by atoms with E-state index in [2.05, 4.69) is 23.3 Å². The van der Waals surface area contributed by atoms with Gasteiger partial charge in [-0.25, -0.2) is 4.39 Å². The third kappa shape index (κ3) is 21.3. The molecule has 0 spiro atoms. The van der Waals surface area contributed by atoms with Gasteiger partial charge in [0.1, 0.15) is 12.8 Å². The topological polar surface area (TPSA) is 104 Å². The highest BCUT2D eigenvalue weighted by atomic mass is 32.1. The largest absolute Gasteiger partial charge is 0.377 e. The van der Waals surface area contributed by atoms with Gasteiger partial charge >= 0.3 is 0 Å². The summed E-state index contributed by atoms with van der Waals surface area (Å²) in [6.45, 7) is 6.59. The molecule has 166 valence electrons. The summed E-state index contributed by atoms with van der Waals surface area (Å²) >= 11 is 3.47. The number of halogens is 1. The Kier molecular flexibility index (Phi) is 18.7. The molecule has 2 amide bonds. The second-order valence-electron chi connectivity index (χ2n) is 5.91. The quantitative estimate of drug-likeness (QED) is 0.204. The zero-order valence-corrected chi connectivity index (χ0v) is 17.5. The number of carbonyl (C=O) groups excluding carboxylic acids is 2. The van der Waals surface area contributed by atoms with E-state index in [9.17, 15) is 14.0 Å². The van der Waals surface area contributed by atoms with Crippen molar-refractivity contribution in [2.75, 3.05) is 72.6 Å². The second kappa shape index (κ2) is 19.3. The monoisotopic (exact) mass is 428 g/mol. The zero-order valence-electron chi connectivity index (χ0n) is 16.6. The molecule has 9 nitrogen and oxygen atoms in total. The van der Waals surface area contributed by atoms with Gasteiger partial charge in [0.2, 0.25) is 5.91 Å². The second-order valence-corrected chi connectivity index (χ2v) is 6.31. The molecule has 0 heterocycles. The molecule has 0 aliphatic carbocycles. The van der Waals surface area contributed by atoms with Gasteiger partial charge in [-0.1, -0.05) is 12.6 Å². The first kappa shape index (κ1) is 27.0. The van der Waals surface area contributed by atoms with Gasteiger partial charge in [-0.05, 0) is 13.8 Å². The van der Waals surface area contributed by atoms with Crippen LogP contribution in [-0.2, 0) is 28.5 Å². The van der Waals surface area contributed by atoms with E-state index < -0.39 is 11.4 Å². The van der Waals surface area contributed by atoms with Gasteiger partial charge in [-0.15, -0.1) is 0 Å². The predicted molar refractivity (Wildman–Crippen MR) is 105 cm³/mol. The number of alkyl halides is 1. The highest BCUT2D eigenvalue weighted by molar-refractivity contribution is 7.96. The fourth-order valence-corrected chi connectivity index (χ4v) is 1.78. The molecule has 0 aromatic carbocycles. The van der Waals surface area contributed by atoms with Crippen LogP contribution < -0.4 is 10.6 Å². The Morgan fingerprint density at radius 2 is 1.43 bits per heavy atom. The van der Waals surface area contributed by atoms with Crippen molar-refractivity contribution in [3.63, 3.8) is 0 Å². The van der Waals surface area contributed by atoms with Crippen molar-refractivity contribution < 1.29 is 37.7 Å². The lowest BCUT2D eigenvalue weighted by Gasteiger charge is -2.10. The van der Waals surface area contributed by atoms with Gasteiger partial charge in [-0.2, -0.15) is 0 Å². The van der Waals surface area contributed by atoms with Gasteiger partial charge in [0.25, 0.3) is 5.24 Å². The predicted octanol–water partition coefficient (Wildman–Crippen LogP) is 0.572. The summed E-state index contributed by atoms with van der Waals surface area (Å²) in [6, 6.07) is 0. The van der Waals surface area contributed by atoms with E-state index in [-0.39, 0.29) is 38.4 Å². The lowest BCUT2D eigenvalue weighted by molar-refractivity contribution is -0.127. The summed E-state index contributed by atoms with van der Waals surface area (Å²) < 4.78 is 39.4. The molecule has 1 unspecified atom stereocenters. The van der Waals surface area contributed by atoms with Gasteiger partial charge in [0, 0.05) is 6.54 Å². The molecule has 28 heavy (non-hydrogen) atoms. The van der Waals surface area contributed by atoms with Crippen molar-refractivity contribution in [2.45, 2.75) is 26.1 Å². The molecule has 1 atom stereocenters. The zero-order chi connectivity index (χ0) is 21.0. The van der Waals surface area contributed by atoms with Gasteiger partial charge in [-0.3, -0.25) is 9.59 Å². The number of hydrogen-bond donors (Lipinski definition) is 3. The normalized spacial score (nSPS) is 12.2. The molecule has 11 heteroatoms. The molecule has 0 saturated heterocycles. The maximum atomic E-state index is 13.2. The van der Waals surface area contributed by atoms with E-state index in [4.69, 9.17) is 23.7 Å². The number of nitrogens with one attached hydrogen (secondary N) is 2. The van der Waals surface area contributed by atoms with Gasteiger partial charge in [0.15, 0.2) is 0 Å². The molecule has 0 aliphatic heterocycles. The van der Waals surface area contributed by atoms with Crippen molar-refractivity contribution in [2.24, 2.45) is 0 Å². The maximum absolute atomic E-state index is 13.2. The summed E-state index contributed by atoms with van der Waals surface area (Å²) in [5.41, 5.74) is 0. The van der Waals surface area contributed by atoms with Crippen LogP contribution in [0.15, 0.2) is 0 Å². The Bertz CT molecular complexity index is 406. The third-order valence-electron chi connectivity index (χ3n) is 3.01. The summed E-state index contributed by atoms with van der Waals surface area (Å²) in [7, 11) is 0. The van der Waals surface area contributed by atoms with Crippen LogP contribution in [0.2, 0.25) is 0 Å². The van der Waals surface area contributed by atoms with E-state index in [1.54, 1.807) is 0 Å². The molecule has 0 fully saturated rings. The van der Waals surface area contributed by atoms with E-state index >= 15 is 0 Å². The number of rotatable bonds is 19. The SMILES string of the molecule is CC(C)OCC(=O)NCCOCCOCCOCCOCC(F)CNC(=O)S. The van der Waals surface area contributed by atoms with E-state index in [1.165, 1.54) is 0 Å². The first-order valence-corrected chi connectivity index (χ1v) is 9.66. The van der Waals surface area contributed by atoms with Crippen LogP contribution in [0.1, 0.15) is 13.8 Å². The minimum Gasteiger partial charge on any atom is -0.377 e. The Labute approximate surface area is 171 Å².